The fourth-order valence-electron chi connectivity index (χ4n) is 1.75. The Hall–Kier alpha value is -1.66. The highest BCUT2D eigenvalue weighted by Gasteiger charge is 2.17. The number of aryl methyl sites for hydroxylation is 1. The smallest absolute Gasteiger partial charge is 0.273 e. The zero-order valence-electron chi connectivity index (χ0n) is 11.4. The van der Waals surface area contributed by atoms with Crippen molar-refractivity contribution >= 4 is 23.2 Å². The Balaban J connectivity index is 2.86. The molecule has 1 unspecified atom stereocenters. The van der Waals surface area contributed by atoms with Crippen LogP contribution >= 0.6 is 11.6 Å². The third-order valence-corrected chi connectivity index (χ3v) is 3.05. The molecule has 110 valence electrons. The van der Waals surface area contributed by atoms with E-state index >= 15 is 0 Å². The number of benzene rings is 1. The molecule has 1 N–H and O–H groups in total. The van der Waals surface area contributed by atoms with Crippen LogP contribution in [0.15, 0.2) is 18.2 Å². The van der Waals surface area contributed by atoms with Crippen molar-refractivity contribution < 1.29 is 14.5 Å². The maximum atomic E-state index is 12.1. The van der Waals surface area contributed by atoms with Crippen LogP contribution in [-0.2, 0) is 4.74 Å². The van der Waals surface area contributed by atoms with Gasteiger partial charge in [-0.25, -0.2) is 0 Å². The number of carbonyl (C=O) groups excluding carboxylic acids is 1. The Kier molecular flexibility index (Phi) is 6.41. The van der Waals surface area contributed by atoms with Gasteiger partial charge in [0.25, 0.3) is 11.6 Å². The number of amides is 1. The second kappa shape index (κ2) is 7.81. The average Bonchev–Trinajstić information content (AvgIpc) is 2.39. The molecule has 0 aliphatic rings. The lowest BCUT2D eigenvalue weighted by Crippen LogP contribution is -2.38. The number of ether oxygens (including phenoxy) is 1. The molecule has 1 atom stereocenters. The number of hydrogen-bond acceptors (Lipinski definition) is 4. The second-order valence-corrected chi connectivity index (χ2v) is 4.74. The van der Waals surface area contributed by atoms with E-state index in [0.717, 1.165) is 0 Å². The first-order valence-electron chi connectivity index (χ1n) is 6.10. The maximum absolute atomic E-state index is 12.1. The van der Waals surface area contributed by atoms with Crippen LogP contribution in [0.2, 0.25) is 0 Å². The number of nitro benzene ring substituents is 1. The Labute approximate surface area is 122 Å². The molecule has 1 aromatic rings. The summed E-state index contributed by atoms with van der Waals surface area (Å²) in [5.74, 6) is 0.0165. The van der Waals surface area contributed by atoms with Crippen LogP contribution < -0.4 is 5.32 Å². The van der Waals surface area contributed by atoms with E-state index in [1.165, 1.54) is 13.2 Å². The van der Waals surface area contributed by atoms with Crippen LogP contribution in [0.3, 0.4) is 0 Å². The molecule has 0 heterocycles. The van der Waals surface area contributed by atoms with E-state index in [9.17, 15) is 14.9 Å². The summed E-state index contributed by atoms with van der Waals surface area (Å²) < 4.78 is 4.99. The normalized spacial score (nSPS) is 11.9. The largest absolute Gasteiger partial charge is 0.383 e. The minimum Gasteiger partial charge on any atom is -0.383 e. The number of carbonyl (C=O) groups is 1. The van der Waals surface area contributed by atoms with E-state index in [1.807, 2.05) is 0 Å². The third-order valence-electron chi connectivity index (χ3n) is 2.83. The highest BCUT2D eigenvalue weighted by molar-refractivity contribution is 6.17. The minimum absolute atomic E-state index is 0.0710. The molecule has 0 aliphatic carbocycles. The summed E-state index contributed by atoms with van der Waals surface area (Å²) >= 11 is 5.65. The van der Waals surface area contributed by atoms with Crippen molar-refractivity contribution in [2.45, 2.75) is 19.4 Å². The second-order valence-electron chi connectivity index (χ2n) is 4.36. The van der Waals surface area contributed by atoms with Crippen LogP contribution in [-0.4, -0.2) is 36.5 Å². The van der Waals surface area contributed by atoms with E-state index in [4.69, 9.17) is 16.3 Å². The number of alkyl halides is 1. The molecule has 0 fully saturated rings. The van der Waals surface area contributed by atoms with Crippen molar-refractivity contribution in [1.29, 1.82) is 0 Å². The van der Waals surface area contributed by atoms with Crippen molar-refractivity contribution in [1.82, 2.24) is 5.32 Å². The molecule has 0 bridgehead atoms. The molecule has 0 aliphatic heterocycles. The summed E-state index contributed by atoms with van der Waals surface area (Å²) in [4.78, 5) is 22.4. The highest BCUT2D eigenvalue weighted by atomic mass is 35.5. The van der Waals surface area contributed by atoms with Gasteiger partial charge in [0.15, 0.2) is 0 Å². The fourth-order valence-corrected chi connectivity index (χ4v) is 2.01. The predicted octanol–water partition coefficient (Wildman–Crippen LogP) is 2.28. The zero-order chi connectivity index (χ0) is 15.1. The molecule has 7 heteroatoms. The summed E-state index contributed by atoms with van der Waals surface area (Å²) in [6.07, 6.45) is 0.565. The molecule has 0 radical (unpaired) electrons. The first-order chi connectivity index (χ1) is 9.49. The first kappa shape index (κ1) is 16.4. The van der Waals surface area contributed by atoms with E-state index in [1.54, 1.807) is 19.1 Å². The molecule has 1 amide bonds. The summed E-state index contributed by atoms with van der Waals surface area (Å²) in [6.45, 7) is 1.97. The molecule has 6 nitrogen and oxygen atoms in total. The van der Waals surface area contributed by atoms with Gasteiger partial charge in [-0.1, -0.05) is 6.07 Å². The standard InChI is InChI=1S/C13H17ClN2O4/c1-9-3-4-10(7-12(9)16(18)19)13(17)15-11(5-6-14)8-20-2/h3-4,7,11H,5-6,8H2,1-2H3,(H,15,17). The maximum Gasteiger partial charge on any atom is 0.273 e. The highest BCUT2D eigenvalue weighted by Crippen LogP contribution is 2.19. The van der Waals surface area contributed by atoms with Gasteiger partial charge < -0.3 is 10.1 Å². The Morgan fingerprint density at radius 1 is 1.55 bits per heavy atom. The third kappa shape index (κ3) is 4.47. The van der Waals surface area contributed by atoms with Crippen LogP contribution in [0.1, 0.15) is 22.3 Å². The van der Waals surface area contributed by atoms with E-state index < -0.39 is 4.92 Å². The lowest BCUT2D eigenvalue weighted by Gasteiger charge is -2.16. The van der Waals surface area contributed by atoms with Gasteiger partial charge in [0.05, 0.1) is 17.6 Å². The van der Waals surface area contributed by atoms with Crippen LogP contribution in [0, 0.1) is 17.0 Å². The molecule has 0 saturated heterocycles. The molecule has 0 spiro atoms. The van der Waals surface area contributed by atoms with Crippen molar-refractivity contribution in [3.63, 3.8) is 0 Å². The predicted molar refractivity (Wildman–Crippen MR) is 76.3 cm³/mol. The van der Waals surface area contributed by atoms with Crippen molar-refractivity contribution in [2.75, 3.05) is 19.6 Å². The summed E-state index contributed by atoms with van der Waals surface area (Å²) in [5.41, 5.74) is 0.692. The molecule has 0 aromatic heterocycles. The van der Waals surface area contributed by atoms with Gasteiger partial charge >= 0.3 is 0 Å². The van der Waals surface area contributed by atoms with E-state index in [2.05, 4.69) is 5.32 Å². The van der Waals surface area contributed by atoms with Crippen LogP contribution in [0.5, 0.6) is 0 Å². The van der Waals surface area contributed by atoms with Gasteiger partial charge in [0, 0.05) is 30.2 Å². The quantitative estimate of drug-likeness (QED) is 0.476. The van der Waals surface area contributed by atoms with Crippen molar-refractivity contribution in [3.8, 4) is 0 Å². The van der Waals surface area contributed by atoms with Gasteiger partial charge in [-0.15, -0.1) is 11.6 Å². The number of nitro groups is 1. The number of rotatable bonds is 7. The average molecular weight is 301 g/mol. The lowest BCUT2D eigenvalue weighted by atomic mass is 10.1. The molecular weight excluding hydrogens is 284 g/mol. The van der Waals surface area contributed by atoms with Crippen molar-refractivity contribution in [2.24, 2.45) is 0 Å². The van der Waals surface area contributed by atoms with Gasteiger partial charge in [0.1, 0.15) is 0 Å². The molecular formula is C13H17ClN2O4. The topological polar surface area (TPSA) is 81.5 Å². The van der Waals surface area contributed by atoms with Gasteiger partial charge in [0.2, 0.25) is 0 Å². The molecule has 1 aromatic carbocycles. The van der Waals surface area contributed by atoms with Gasteiger partial charge in [-0.05, 0) is 19.4 Å². The van der Waals surface area contributed by atoms with E-state index in [-0.39, 0.29) is 23.2 Å². The number of nitrogens with one attached hydrogen (secondary N) is 1. The monoisotopic (exact) mass is 300 g/mol. The SMILES string of the molecule is COCC(CCCl)NC(=O)c1ccc(C)c([N+](=O)[O-])c1. The summed E-state index contributed by atoms with van der Waals surface area (Å²) in [5, 5.41) is 13.6. The molecule has 1 rings (SSSR count). The minimum atomic E-state index is -0.502. The zero-order valence-corrected chi connectivity index (χ0v) is 12.1. The number of methoxy groups -OCH3 is 1. The van der Waals surface area contributed by atoms with Crippen LogP contribution in [0.25, 0.3) is 0 Å². The summed E-state index contributed by atoms with van der Waals surface area (Å²) in [7, 11) is 1.53. The van der Waals surface area contributed by atoms with Gasteiger partial charge in [-0.2, -0.15) is 0 Å². The molecule has 0 saturated carbocycles. The Morgan fingerprint density at radius 3 is 2.80 bits per heavy atom. The van der Waals surface area contributed by atoms with Crippen LogP contribution in [0.4, 0.5) is 5.69 Å². The fraction of sp³-hybridized carbons (Fsp3) is 0.462. The summed E-state index contributed by atoms with van der Waals surface area (Å²) in [6, 6.07) is 4.17. The van der Waals surface area contributed by atoms with Gasteiger partial charge in [-0.3, -0.25) is 14.9 Å². The number of halogens is 1. The number of hydrogen-bond donors (Lipinski definition) is 1. The first-order valence-corrected chi connectivity index (χ1v) is 6.63. The number of nitrogens with zero attached hydrogens (tertiary/aromatic N) is 1. The van der Waals surface area contributed by atoms with Crippen molar-refractivity contribution in [3.05, 3.63) is 39.4 Å². The lowest BCUT2D eigenvalue weighted by molar-refractivity contribution is -0.385. The van der Waals surface area contributed by atoms with E-state index in [0.29, 0.717) is 24.5 Å². The Bertz CT molecular complexity index is 487. The Morgan fingerprint density at radius 2 is 2.25 bits per heavy atom. The molecule has 20 heavy (non-hydrogen) atoms.